The molecule has 12 heteroatoms. The molecule has 0 saturated carbocycles. The fourth-order valence-corrected chi connectivity index (χ4v) is 5.01. The Labute approximate surface area is 181 Å². The fourth-order valence-electron chi connectivity index (χ4n) is 2.40. The van der Waals surface area contributed by atoms with Crippen molar-refractivity contribution in [2.24, 2.45) is 0 Å². The third-order valence-electron chi connectivity index (χ3n) is 3.96. The molecule has 0 heterocycles. The van der Waals surface area contributed by atoms with E-state index in [1.54, 1.807) is 6.92 Å². The number of hydrogen-bond donors (Lipinski definition) is 2. The Hall–Kier alpha value is -2.18. The van der Waals surface area contributed by atoms with Crippen LogP contribution in [0.25, 0.3) is 0 Å². The summed E-state index contributed by atoms with van der Waals surface area (Å²) in [7, 11) is -5.07. The summed E-state index contributed by atoms with van der Waals surface area (Å²) in [5, 5.41) is 2.56. The Morgan fingerprint density at radius 3 is 2.23 bits per heavy atom. The van der Waals surface area contributed by atoms with Gasteiger partial charge in [0.15, 0.2) is 0 Å². The van der Waals surface area contributed by atoms with E-state index in [-0.39, 0.29) is 21.2 Å². The fraction of sp³-hybridized carbons (Fsp3) is 0.278. The van der Waals surface area contributed by atoms with Gasteiger partial charge in [-0.3, -0.25) is 14.4 Å². The first-order valence-electron chi connectivity index (χ1n) is 8.74. The van der Waals surface area contributed by atoms with Crippen molar-refractivity contribution < 1.29 is 26.5 Å². The molecule has 2 rings (SSSR count). The van der Waals surface area contributed by atoms with Crippen LogP contribution in [0.5, 0.6) is 0 Å². The monoisotopic (exact) mass is 475 g/mol. The quantitative estimate of drug-likeness (QED) is 0.538. The van der Waals surface area contributed by atoms with Crippen LogP contribution >= 0.6 is 11.6 Å². The smallest absolute Gasteiger partial charge is 0.266 e. The third-order valence-corrected chi connectivity index (χ3v) is 7.61. The number of nitrogens with zero attached hydrogens (tertiary/aromatic N) is 1. The normalized spacial score (nSPS) is 12.0. The van der Waals surface area contributed by atoms with Gasteiger partial charge in [0.05, 0.1) is 17.9 Å². The molecule has 0 aromatic heterocycles. The van der Waals surface area contributed by atoms with Gasteiger partial charge < -0.3 is 5.32 Å². The molecule has 0 atom stereocenters. The number of hydrogen-bond acceptors (Lipinski definition) is 6. The van der Waals surface area contributed by atoms with Crippen LogP contribution in [0.3, 0.4) is 0 Å². The highest BCUT2D eigenvalue weighted by Gasteiger charge is 2.25. The van der Waals surface area contributed by atoms with E-state index in [9.17, 15) is 21.6 Å². The van der Waals surface area contributed by atoms with Crippen molar-refractivity contribution >= 4 is 48.9 Å². The summed E-state index contributed by atoms with van der Waals surface area (Å²) >= 11 is 5.99. The van der Waals surface area contributed by atoms with E-state index in [1.165, 1.54) is 50.6 Å². The van der Waals surface area contributed by atoms with Crippen molar-refractivity contribution in [2.75, 3.05) is 29.9 Å². The van der Waals surface area contributed by atoms with Gasteiger partial charge in [-0.15, -0.1) is 0 Å². The van der Waals surface area contributed by atoms with Crippen LogP contribution in [0.15, 0.2) is 47.4 Å². The Kier molecular flexibility index (Phi) is 7.83. The minimum atomic E-state index is -4.04. The Morgan fingerprint density at radius 2 is 1.67 bits per heavy atom. The lowest BCUT2D eigenvalue weighted by Gasteiger charge is -2.16. The maximum atomic E-state index is 12.5. The van der Waals surface area contributed by atoms with E-state index in [0.29, 0.717) is 22.3 Å². The predicted molar refractivity (Wildman–Crippen MR) is 116 cm³/mol. The van der Waals surface area contributed by atoms with E-state index in [2.05, 4.69) is 10.0 Å². The van der Waals surface area contributed by atoms with Gasteiger partial charge in [0.25, 0.3) is 15.9 Å². The SMILES string of the molecule is CCCS(=O)(=O)Nc1ccc(NC(=O)c2ccc(Cl)c(S(=O)(=O)N(C)OC)c2)cc1. The van der Waals surface area contributed by atoms with E-state index in [4.69, 9.17) is 16.4 Å². The number of nitrogens with one attached hydrogen (secondary N) is 2. The zero-order valence-corrected chi connectivity index (χ0v) is 18.9. The van der Waals surface area contributed by atoms with E-state index >= 15 is 0 Å². The standard InChI is InChI=1S/C18H22ClN3O6S2/c1-4-11-29(24,25)21-15-8-6-14(7-9-15)20-18(23)13-5-10-16(19)17(12-13)30(26,27)22(2)28-3/h5-10,12,21H,4,11H2,1-3H3,(H,20,23). The number of hydroxylamine groups is 1. The van der Waals surface area contributed by atoms with Gasteiger partial charge in [-0.2, -0.15) is 0 Å². The molecular formula is C18H22ClN3O6S2. The van der Waals surface area contributed by atoms with E-state index < -0.39 is 26.0 Å². The highest BCUT2D eigenvalue weighted by Crippen LogP contribution is 2.26. The number of carbonyl (C=O) groups is 1. The van der Waals surface area contributed by atoms with Gasteiger partial charge in [0.2, 0.25) is 10.0 Å². The average Bonchev–Trinajstić information content (AvgIpc) is 2.68. The van der Waals surface area contributed by atoms with Crippen molar-refractivity contribution in [3.05, 3.63) is 53.1 Å². The molecule has 0 bridgehead atoms. The van der Waals surface area contributed by atoms with Crippen LogP contribution in [0, 0.1) is 0 Å². The van der Waals surface area contributed by atoms with E-state index in [1.807, 2.05) is 0 Å². The lowest BCUT2D eigenvalue weighted by Crippen LogP contribution is -2.26. The second-order valence-corrected chi connectivity index (χ2v) is 10.3. The minimum absolute atomic E-state index is 0.00551. The molecule has 30 heavy (non-hydrogen) atoms. The summed E-state index contributed by atoms with van der Waals surface area (Å²) < 4.78 is 51.6. The van der Waals surface area contributed by atoms with Gasteiger partial charge in [-0.05, 0) is 48.9 Å². The summed E-state index contributed by atoms with van der Waals surface area (Å²) in [5.74, 6) is -0.562. The minimum Gasteiger partial charge on any atom is -0.322 e. The topological polar surface area (TPSA) is 122 Å². The molecule has 2 aromatic carbocycles. The second kappa shape index (κ2) is 9.75. The van der Waals surface area contributed by atoms with Gasteiger partial charge in [0, 0.05) is 24.0 Å². The predicted octanol–water partition coefficient (Wildman–Crippen LogP) is 2.93. The van der Waals surface area contributed by atoms with Crippen LogP contribution in [-0.4, -0.2) is 47.1 Å². The largest absolute Gasteiger partial charge is 0.322 e. The molecule has 1 amide bonds. The molecule has 164 valence electrons. The van der Waals surface area contributed by atoms with Crippen LogP contribution in [0.4, 0.5) is 11.4 Å². The van der Waals surface area contributed by atoms with Crippen molar-refractivity contribution in [1.82, 2.24) is 4.47 Å². The lowest BCUT2D eigenvalue weighted by molar-refractivity contribution is -0.0258. The molecule has 0 aliphatic rings. The molecular weight excluding hydrogens is 454 g/mol. The van der Waals surface area contributed by atoms with Gasteiger partial charge >= 0.3 is 0 Å². The molecule has 0 unspecified atom stereocenters. The third kappa shape index (κ3) is 5.92. The Bertz CT molecular complexity index is 1120. The maximum absolute atomic E-state index is 12.5. The number of carbonyl (C=O) groups excluding carboxylic acids is 1. The molecule has 9 nitrogen and oxygen atoms in total. The van der Waals surface area contributed by atoms with Gasteiger partial charge in [-0.1, -0.05) is 23.0 Å². The number of benzene rings is 2. The summed E-state index contributed by atoms with van der Waals surface area (Å²) in [6, 6.07) is 9.90. The van der Waals surface area contributed by atoms with Crippen molar-refractivity contribution in [3.8, 4) is 0 Å². The molecule has 0 aliphatic heterocycles. The average molecular weight is 476 g/mol. The molecule has 0 aliphatic carbocycles. The van der Waals surface area contributed by atoms with Crippen LogP contribution in [0.1, 0.15) is 23.7 Å². The zero-order chi connectivity index (χ0) is 22.5. The first-order chi connectivity index (χ1) is 14.0. The number of amides is 1. The lowest BCUT2D eigenvalue weighted by atomic mass is 10.2. The Morgan fingerprint density at radius 1 is 1.07 bits per heavy atom. The number of anilines is 2. The van der Waals surface area contributed by atoms with Crippen LogP contribution in [-0.2, 0) is 24.9 Å². The number of rotatable bonds is 9. The van der Waals surface area contributed by atoms with Crippen LogP contribution < -0.4 is 10.0 Å². The highest BCUT2D eigenvalue weighted by atomic mass is 35.5. The van der Waals surface area contributed by atoms with E-state index in [0.717, 1.165) is 6.07 Å². The van der Waals surface area contributed by atoms with Crippen molar-refractivity contribution in [2.45, 2.75) is 18.2 Å². The molecule has 2 aromatic rings. The first-order valence-corrected chi connectivity index (χ1v) is 12.2. The maximum Gasteiger partial charge on any atom is 0.266 e. The first kappa shape index (κ1) is 24.1. The molecule has 0 saturated heterocycles. The summed E-state index contributed by atoms with van der Waals surface area (Å²) in [5.41, 5.74) is 0.825. The summed E-state index contributed by atoms with van der Waals surface area (Å²) in [4.78, 5) is 17.0. The molecule has 0 spiro atoms. The summed E-state index contributed by atoms with van der Waals surface area (Å²) in [6.45, 7) is 1.76. The summed E-state index contributed by atoms with van der Waals surface area (Å²) in [6.07, 6.45) is 0.489. The van der Waals surface area contributed by atoms with Gasteiger partial charge in [0.1, 0.15) is 4.90 Å². The zero-order valence-electron chi connectivity index (χ0n) is 16.5. The Balaban J connectivity index is 2.20. The number of sulfonamides is 2. The molecule has 0 fully saturated rings. The van der Waals surface area contributed by atoms with Gasteiger partial charge in [-0.25, -0.2) is 16.8 Å². The highest BCUT2D eigenvalue weighted by molar-refractivity contribution is 7.92. The number of halogens is 1. The molecule has 2 N–H and O–H groups in total. The van der Waals surface area contributed by atoms with Crippen LogP contribution in [0.2, 0.25) is 5.02 Å². The van der Waals surface area contributed by atoms with Crippen molar-refractivity contribution in [3.63, 3.8) is 0 Å². The molecule has 0 radical (unpaired) electrons. The second-order valence-electron chi connectivity index (χ2n) is 6.19. The van der Waals surface area contributed by atoms with Crippen molar-refractivity contribution in [1.29, 1.82) is 0 Å².